The van der Waals surface area contributed by atoms with Crippen molar-refractivity contribution < 1.29 is 41.9 Å². The second-order valence-corrected chi connectivity index (χ2v) is 13.3. The Morgan fingerprint density at radius 3 is 2.73 bits per heavy atom. The largest absolute Gasteiger partial charge is 0.472 e. The first-order valence-corrected chi connectivity index (χ1v) is 17.1. The lowest BCUT2D eigenvalue weighted by Crippen LogP contribution is -2.53. The number of fused-ring (bicyclic) bond motifs is 1. The van der Waals surface area contributed by atoms with Gasteiger partial charge in [-0.25, -0.2) is 27.7 Å². The molecule has 1 aliphatic rings. The van der Waals surface area contributed by atoms with Crippen LogP contribution in [0.3, 0.4) is 0 Å². The first kappa shape index (κ1) is 36.2. The smallest absolute Gasteiger partial charge is 0.407 e. The van der Waals surface area contributed by atoms with Gasteiger partial charge in [-0.1, -0.05) is 40.2 Å². The number of carbonyl (C=O) groups is 3. The van der Waals surface area contributed by atoms with Crippen LogP contribution in [0.4, 0.5) is 10.5 Å². The molecule has 2 heterocycles. The number of esters is 1. The summed E-state index contributed by atoms with van der Waals surface area (Å²) >= 11 is 3.44. The van der Waals surface area contributed by atoms with Crippen molar-refractivity contribution in [1.82, 2.24) is 19.9 Å². The van der Waals surface area contributed by atoms with Crippen LogP contribution in [0.5, 0.6) is 5.88 Å². The molecule has 48 heavy (non-hydrogen) atoms. The first-order chi connectivity index (χ1) is 22.9. The van der Waals surface area contributed by atoms with E-state index in [0.717, 1.165) is 22.0 Å². The first-order valence-electron chi connectivity index (χ1n) is 14.8. The van der Waals surface area contributed by atoms with E-state index >= 15 is 0 Å². The summed E-state index contributed by atoms with van der Waals surface area (Å²) in [6, 6.07) is 9.73. The monoisotopic (exact) mass is 747 g/mol. The molecular weight excluding hydrogens is 714 g/mol. The molecular formula is C31H34BrN5O10S. The molecule has 4 rings (SSSR count). The van der Waals surface area contributed by atoms with E-state index < -0.39 is 68.2 Å². The fourth-order valence-electron chi connectivity index (χ4n) is 5.14. The van der Waals surface area contributed by atoms with Gasteiger partial charge in [0.15, 0.2) is 4.90 Å². The average Bonchev–Trinajstić information content (AvgIpc) is 3.49. The van der Waals surface area contributed by atoms with E-state index in [9.17, 15) is 32.9 Å². The highest BCUT2D eigenvalue weighted by Crippen LogP contribution is 2.30. The zero-order valence-corrected chi connectivity index (χ0v) is 28.3. The molecule has 2 aromatic carbocycles. The SMILES string of the molecule is C=CCCCOC(=O)N[C@@H](CCNS(=O)(=O)c1ccccc1[N+](=O)[O-])C(=O)N1C[C@H](Oc2nccc3ccc(Br)cc23)C[C@H]1C(=O)OC. The second kappa shape index (κ2) is 16.5. The highest BCUT2D eigenvalue weighted by atomic mass is 79.9. The van der Waals surface area contributed by atoms with Crippen molar-refractivity contribution in [3.63, 3.8) is 0 Å². The van der Waals surface area contributed by atoms with Crippen molar-refractivity contribution in [3.8, 4) is 5.88 Å². The van der Waals surface area contributed by atoms with E-state index in [1.54, 1.807) is 12.3 Å². The number of aromatic nitrogens is 1. The Kier molecular flexibility index (Phi) is 12.4. The lowest BCUT2D eigenvalue weighted by molar-refractivity contribution is -0.387. The fourth-order valence-corrected chi connectivity index (χ4v) is 6.71. The number of carbonyl (C=O) groups excluding carboxylic acids is 3. The van der Waals surface area contributed by atoms with E-state index in [2.05, 4.69) is 37.5 Å². The Morgan fingerprint density at radius 1 is 1.23 bits per heavy atom. The van der Waals surface area contributed by atoms with Crippen molar-refractivity contribution in [3.05, 3.63) is 82.0 Å². The van der Waals surface area contributed by atoms with Gasteiger partial charge in [0.25, 0.3) is 5.69 Å². The third-order valence-electron chi connectivity index (χ3n) is 7.44. The zero-order chi connectivity index (χ0) is 34.8. The van der Waals surface area contributed by atoms with Crippen LogP contribution in [-0.2, 0) is 29.1 Å². The van der Waals surface area contributed by atoms with Gasteiger partial charge in [0.05, 0.1) is 25.2 Å². The summed E-state index contributed by atoms with van der Waals surface area (Å²) in [6.45, 7) is 3.14. The minimum Gasteiger partial charge on any atom is -0.472 e. The second-order valence-electron chi connectivity index (χ2n) is 10.7. The van der Waals surface area contributed by atoms with E-state index in [4.69, 9.17) is 14.2 Å². The van der Waals surface area contributed by atoms with Crippen LogP contribution < -0.4 is 14.8 Å². The normalized spacial score (nSPS) is 16.6. The van der Waals surface area contributed by atoms with Crippen LogP contribution in [0.15, 0.2) is 76.8 Å². The molecule has 0 radical (unpaired) electrons. The number of sulfonamides is 1. The highest BCUT2D eigenvalue weighted by Gasteiger charge is 2.44. The number of nitrogens with one attached hydrogen (secondary N) is 2. The molecule has 3 aromatic rings. The standard InChI is InChI=1S/C31H34BrN5O10S/c1-3-4-7-16-46-31(40)35-24(13-15-34-48(43,44)27-9-6-5-8-25(27)37(41)42)29(38)36-19-22(18-26(36)30(39)45-2)47-28-23-17-21(32)11-10-20(23)12-14-33-28/h3,5-6,8-12,14,17,22,24,26,34H,1,4,7,13,15-16,18-19H2,2H3,(H,35,40)/t22-,24+,26+/m1/s1. The molecule has 256 valence electrons. The van der Waals surface area contributed by atoms with E-state index in [1.807, 2.05) is 24.3 Å². The predicted molar refractivity (Wildman–Crippen MR) is 177 cm³/mol. The van der Waals surface area contributed by atoms with Gasteiger partial charge < -0.3 is 24.4 Å². The maximum absolute atomic E-state index is 14.0. The number of alkyl carbamates (subject to hydrolysis) is 1. The van der Waals surface area contributed by atoms with Crippen LogP contribution in [0.1, 0.15) is 25.7 Å². The third kappa shape index (κ3) is 9.05. The van der Waals surface area contributed by atoms with Gasteiger partial charge >= 0.3 is 12.1 Å². The van der Waals surface area contributed by atoms with Crippen molar-refractivity contribution in [2.45, 2.75) is 48.8 Å². The quantitative estimate of drug-likeness (QED) is 0.0753. The predicted octanol–water partition coefficient (Wildman–Crippen LogP) is 3.86. The van der Waals surface area contributed by atoms with Gasteiger partial charge in [-0.3, -0.25) is 14.9 Å². The number of para-hydroxylation sites is 1. The maximum atomic E-state index is 14.0. The third-order valence-corrected chi connectivity index (χ3v) is 9.44. The van der Waals surface area contributed by atoms with Gasteiger partial charge in [-0.15, -0.1) is 6.58 Å². The topological polar surface area (TPSA) is 196 Å². The molecule has 0 bridgehead atoms. The van der Waals surface area contributed by atoms with Gasteiger partial charge in [-0.05, 0) is 48.9 Å². The van der Waals surface area contributed by atoms with Gasteiger partial charge in [0, 0.05) is 35.1 Å². The molecule has 1 aliphatic heterocycles. The molecule has 2 amide bonds. The average molecular weight is 749 g/mol. The van der Waals surface area contributed by atoms with Crippen LogP contribution in [-0.4, -0.2) is 86.2 Å². The number of likely N-dealkylation sites (tertiary alicyclic amines) is 1. The van der Waals surface area contributed by atoms with E-state index in [1.165, 1.54) is 24.1 Å². The van der Waals surface area contributed by atoms with Gasteiger partial charge in [0.1, 0.15) is 18.2 Å². The van der Waals surface area contributed by atoms with Crippen molar-refractivity contribution in [2.24, 2.45) is 0 Å². The Bertz CT molecular complexity index is 1790. The van der Waals surface area contributed by atoms with Crippen molar-refractivity contribution in [2.75, 3.05) is 26.8 Å². The molecule has 17 heteroatoms. The maximum Gasteiger partial charge on any atom is 0.407 e. The molecule has 1 saturated heterocycles. The number of unbranched alkanes of at least 4 members (excludes halogenated alkanes) is 1. The van der Waals surface area contributed by atoms with Crippen LogP contribution in [0, 0.1) is 10.1 Å². The number of nitro groups is 1. The summed E-state index contributed by atoms with van der Waals surface area (Å²) in [7, 11) is -3.21. The summed E-state index contributed by atoms with van der Waals surface area (Å²) in [5, 5.41) is 15.4. The molecule has 2 N–H and O–H groups in total. The summed E-state index contributed by atoms with van der Waals surface area (Å²) in [6.07, 6.45) is 2.42. The van der Waals surface area contributed by atoms with E-state index in [0.29, 0.717) is 24.1 Å². The number of methoxy groups -OCH3 is 1. The number of nitrogens with zero attached hydrogens (tertiary/aromatic N) is 3. The molecule has 15 nitrogen and oxygen atoms in total. The summed E-state index contributed by atoms with van der Waals surface area (Å²) in [5.41, 5.74) is -0.629. The number of hydrogen-bond donors (Lipinski definition) is 2. The van der Waals surface area contributed by atoms with Crippen molar-refractivity contribution >= 4 is 60.4 Å². The molecule has 1 aromatic heterocycles. The summed E-state index contributed by atoms with van der Waals surface area (Å²) in [4.78, 5) is 55.1. The van der Waals surface area contributed by atoms with Gasteiger partial charge in [-0.2, -0.15) is 0 Å². The number of halogens is 1. The summed E-state index contributed by atoms with van der Waals surface area (Å²) < 4.78 is 45.4. The molecule has 3 atom stereocenters. The number of nitro benzene ring substituents is 1. The fraction of sp³-hybridized carbons (Fsp3) is 0.355. The Morgan fingerprint density at radius 2 is 2.00 bits per heavy atom. The zero-order valence-electron chi connectivity index (χ0n) is 25.9. The van der Waals surface area contributed by atoms with E-state index in [-0.39, 0.29) is 26.0 Å². The minimum atomic E-state index is -4.39. The van der Waals surface area contributed by atoms with Crippen LogP contribution >= 0.6 is 15.9 Å². The number of ether oxygens (including phenoxy) is 3. The lowest BCUT2D eigenvalue weighted by Gasteiger charge is -2.27. The number of rotatable bonds is 15. The number of hydrogen-bond acceptors (Lipinski definition) is 11. The molecule has 0 spiro atoms. The lowest BCUT2D eigenvalue weighted by atomic mass is 10.1. The number of pyridine rings is 1. The molecule has 1 fully saturated rings. The van der Waals surface area contributed by atoms with Crippen LogP contribution in [0.2, 0.25) is 0 Å². The van der Waals surface area contributed by atoms with Crippen LogP contribution in [0.25, 0.3) is 10.8 Å². The Balaban J connectivity index is 1.55. The molecule has 0 aliphatic carbocycles. The number of benzene rings is 2. The number of allylic oxidation sites excluding steroid dienone is 1. The Hall–Kier alpha value is -4.61. The van der Waals surface area contributed by atoms with Gasteiger partial charge in [0.2, 0.25) is 21.8 Å². The Labute approximate surface area is 284 Å². The number of amides is 2. The molecule has 0 saturated carbocycles. The highest BCUT2D eigenvalue weighted by molar-refractivity contribution is 9.10. The minimum absolute atomic E-state index is 0.0294. The van der Waals surface area contributed by atoms with Crippen molar-refractivity contribution in [1.29, 1.82) is 0 Å². The summed E-state index contributed by atoms with van der Waals surface area (Å²) in [5.74, 6) is -1.15. The molecule has 0 unspecified atom stereocenters.